The van der Waals surface area contributed by atoms with Gasteiger partial charge in [-0.25, -0.2) is 4.98 Å². The second-order valence-corrected chi connectivity index (χ2v) is 12.7. The Balaban J connectivity index is 0.979. The molecule has 4 heterocycles. The summed E-state index contributed by atoms with van der Waals surface area (Å²) in [4.78, 5) is 6.30. The number of hydrogen-bond acceptors (Lipinski definition) is 8. The molecule has 2 saturated carbocycles. The van der Waals surface area contributed by atoms with Crippen molar-refractivity contribution >= 4 is 0 Å². The highest BCUT2D eigenvalue weighted by molar-refractivity contribution is 5.23. The average molecular weight is 604 g/mol. The normalized spacial score (nSPS) is 26.3. The highest BCUT2D eigenvalue weighted by atomic mass is 19.4. The molecular formula is C30H40F3N7O3. The Morgan fingerprint density at radius 3 is 2.30 bits per heavy atom. The molecule has 3 fully saturated rings. The van der Waals surface area contributed by atoms with Crippen molar-refractivity contribution in [2.24, 2.45) is 12.5 Å². The fourth-order valence-electron chi connectivity index (χ4n) is 7.12. The van der Waals surface area contributed by atoms with Crippen LogP contribution in [0.1, 0.15) is 92.0 Å². The quantitative estimate of drug-likeness (QED) is 0.374. The third-order valence-electron chi connectivity index (χ3n) is 9.90. The molecule has 43 heavy (non-hydrogen) atoms. The molecule has 2 aliphatic carbocycles. The molecule has 0 amide bonds. The number of pyridine rings is 1. The zero-order valence-electron chi connectivity index (χ0n) is 24.5. The molecular weight excluding hydrogens is 563 g/mol. The summed E-state index contributed by atoms with van der Waals surface area (Å²) in [5.74, 6) is 2.03. The van der Waals surface area contributed by atoms with E-state index < -0.39 is 11.7 Å². The summed E-state index contributed by atoms with van der Waals surface area (Å²) in [6, 6.07) is 2.74. The Kier molecular flexibility index (Phi) is 8.49. The highest BCUT2D eigenvalue weighted by Gasteiger charge is 2.45. The van der Waals surface area contributed by atoms with Gasteiger partial charge in [-0.3, -0.25) is 9.58 Å². The molecule has 0 spiro atoms. The van der Waals surface area contributed by atoms with Gasteiger partial charge in [0.1, 0.15) is 12.4 Å². The van der Waals surface area contributed by atoms with Crippen LogP contribution in [0.5, 0.6) is 5.88 Å². The van der Waals surface area contributed by atoms with Gasteiger partial charge in [0.2, 0.25) is 5.88 Å². The van der Waals surface area contributed by atoms with Crippen molar-refractivity contribution in [1.82, 2.24) is 34.4 Å². The van der Waals surface area contributed by atoms with Crippen LogP contribution < -0.4 is 4.74 Å². The summed E-state index contributed by atoms with van der Waals surface area (Å²) in [6.45, 7) is 1.64. The van der Waals surface area contributed by atoms with E-state index >= 15 is 0 Å². The molecule has 0 aromatic carbocycles. The fraction of sp³-hybridized carbons (Fsp3) is 0.667. The first-order valence-electron chi connectivity index (χ1n) is 15.2. The van der Waals surface area contributed by atoms with Gasteiger partial charge in [-0.15, -0.1) is 10.2 Å². The smallest absolute Gasteiger partial charge is 0.416 e. The zero-order chi connectivity index (χ0) is 30.2. The number of rotatable bonds is 9. The van der Waals surface area contributed by atoms with Gasteiger partial charge in [-0.05, 0) is 68.9 Å². The van der Waals surface area contributed by atoms with Crippen LogP contribution in [0.2, 0.25) is 0 Å². The third kappa shape index (κ3) is 6.30. The molecule has 6 rings (SSSR count). The van der Waals surface area contributed by atoms with E-state index in [1.807, 2.05) is 17.8 Å². The van der Waals surface area contributed by atoms with Gasteiger partial charge in [0.25, 0.3) is 0 Å². The van der Waals surface area contributed by atoms with E-state index in [0.717, 1.165) is 88.6 Å². The lowest BCUT2D eigenvalue weighted by Gasteiger charge is -2.53. The van der Waals surface area contributed by atoms with Crippen molar-refractivity contribution in [2.45, 2.75) is 88.1 Å². The van der Waals surface area contributed by atoms with E-state index in [4.69, 9.17) is 9.84 Å². The molecule has 3 aromatic rings. The van der Waals surface area contributed by atoms with Crippen LogP contribution in [0.4, 0.5) is 13.2 Å². The first kappa shape index (κ1) is 30.0. The SMILES string of the molecule is Cn1c(COc2cc(C(F)(F)F)ccn2)nnc1[C@H]1CC[C@H](c2cnn([C@H]3CC[C@H](N4CC(CO)(CO)C4)CC3)c2)CC1. The van der Waals surface area contributed by atoms with Gasteiger partial charge in [-0.2, -0.15) is 18.3 Å². The van der Waals surface area contributed by atoms with Crippen LogP contribution in [0.15, 0.2) is 30.7 Å². The predicted molar refractivity (Wildman–Crippen MR) is 150 cm³/mol. The highest BCUT2D eigenvalue weighted by Crippen LogP contribution is 2.41. The minimum absolute atomic E-state index is 0.0155. The van der Waals surface area contributed by atoms with Gasteiger partial charge in [0.15, 0.2) is 5.82 Å². The van der Waals surface area contributed by atoms with Gasteiger partial charge in [-0.1, -0.05) is 0 Å². The van der Waals surface area contributed by atoms with Crippen LogP contribution in [-0.4, -0.2) is 77.0 Å². The first-order chi connectivity index (χ1) is 20.7. The largest absolute Gasteiger partial charge is 0.469 e. The molecule has 1 aliphatic heterocycles. The number of likely N-dealkylation sites (tertiary alicyclic amines) is 1. The van der Waals surface area contributed by atoms with Crippen molar-refractivity contribution in [3.63, 3.8) is 0 Å². The monoisotopic (exact) mass is 603 g/mol. The Labute approximate surface area is 248 Å². The Hall–Kier alpha value is -3.03. The summed E-state index contributed by atoms with van der Waals surface area (Å²) in [7, 11) is 1.87. The fourth-order valence-corrected chi connectivity index (χ4v) is 7.12. The topological polar surface area (TPSA) is 114 Å². The minimum Gasteiger partial charge on any atom is -0.469 e. The van der Waals surface area contributed by atoms with Crippen LogP contribution in [0.3, 0.4) is 0 Å². The average Bonchev–Trinajstić information content (AvgIpc) is 3.63. The maximum absolute atomic E-state index is 13.0. The molecule has 0 bridgehead atoms. The molecule has 3 aliphatic rings. The van der Waals surface area contributed by atoms with E-state index in [9.17, 15) is 23.4 Å². The number of aliphatic hydroxyl groups is 2. The number of hydrogen-bond donors (Lipinski definition) is 2. The van der Waals surface area contributed by atoms with Gasteiger partial charge >= 0.3 is 6.18 Å². The number of nitrogens with zero attached hydrogens (tertiary/aromatic N) is 7. The van der Waals surface area contributed by atoms with E-state index in [2.05, 4.69) is 31.0 Å². The molecule has 2 N–H and O–H groups in total. The molecule has 1 saturated heterocycles. The van der Waals surface area contributed by atoms with Crippen LogP contribution >= 0.6 is 0 Å². The number of halogens is 3. The van der Waals surface area contributed by atoms with E-state index in [1.54, 1.807) is 0 Å². The summed E-state index contributed by atoms with van der Waals surface area (Å²) >= 11 is 0. The number of alkyl halides is 3. The van der Waals surface area contributed by atoms with Gasteiger partial charge < -0.3 is 19.5 Å². The van der Waals surface area contributed by atoms with Crippen LogP contribution in [-0.2, 0) is 19.8 Å². The van der Waals surface area contributed by atoms with E-state index in [-0.39, 0.29) is 37.0 Å². The molecule has 10 nitrogen and oxygen atoms in total. The molecule has 3 aromatic heterocycles. The lowest BCUT2D eigenvalue weighted by molar-refractivity contribution is -0.137. The summed E-state index contributed by atoms with van der Waals surface area (Å²) in [6.07, 6.45) is 9.30. The Morgan fingerprint density at radius 1 is 0.953 bits per heavy atom. The Morgan fingerprint density at radius 2 is 1.63 bits per heavy atom. The Bertz CT molecular complexity index is 1370. The summed E-state index contributed by atoms with van der Waals surface area (Å²) in [5, 5.41) is 32.6. The molecule has 0 unspecified atom stereocenters. The second-order valence-electron chi connectivity index (χ2n) is 12.7. The minimum atomic E-state index is -4.46. The number of aromatic nitrogens is 6. The lowest BCUT2D eigenvalue weighted by atomic mass is 9.78. The van der Waals surface area contributed by atoms with Crippen LogP contribution in [0.25, 0.3) is 0 Å². The van der Waals surface area contributed by atoms with Crippen molar-refractivity contribution in [2.75, 3.05) is 26.3 Å². The van der Waals surface area contributed by atoms with Crippen molar-refractivity contribution in [1.29, 1.82) is 0 Å². The van der Waals surface area contributed by atoms with Crippen molar-refractivity contribution < 1.29 is 28.1 Å². The van der Waals surface area contributed by atoms with E-state index in [1.165, 1.54) is 5.56 Å². The third-order valence-corrected chi connectivity index (χ3v) is 9.90. The van der Waals surface area contributed by atoms with Crippen molar-refractivity contribution in [3.05, 3.63) is 53.5 Å². The van der Waals surface area contributed by atoms with Crippen molar-refractivity contribution in [3.8, 4) is 5.88 Å². The first-order valence-corrected chi connectivity index (χ1v) is 15.2. The van der Waals surface area contributed by atoms with Crippen LogP contribution in [0, 0.1) is 5.41 Å². The maximum Gasteiger partial charge on any atom is 0.416 e. The van der Waals surface area contributed by atoms with Gasteiger partial charge in [0, 0.05) is 56.0 Å². The lowest BCUT2D eigenvalue weighted by Crippen LogP contribution is -2.63. The number of ether oxygens (including phenoxy) is 1. The van der Waals surface area contributed by atoms with E-state index in [0.29, 0.717) is 23.8 Å². The summed E-state index contributed by atoms with van der Waals surface area (Å²) < 4.78 is 48.5. The standard InChI is InChI=1S/C30H40F3N7O3/c1-38-26(15-43-27-12-23(10-11-34-27)30(31,32)33)36-37-28(38)21-4-2-20(3-5-21)22-13-35-40(14-22)25-8-6-24(7-9-25)39-16-29(17-39,18-41)19-42/h10-14,20-21,24-25,41-42H,2-9,15-19H2,1H3/t20-,21-,24-,25-. The zero-order valence-corrected chi connectivity index (χ0v) is 24.5. The molecule has 0 atom stereocenters. The summed E-state index contributed by atoms with van der Waals surface area (Å²) in [5.41, 5.74) is 0.173. The maximum atomic E-state index is 13.0. The molecule has 13 heteroatoms. The molecule has 234 valence electrons. The predicted octanol–water partition coefficient (Wildman–Crippen LogP) is 4.22. The molecule has 0 radical (unpaired) electrons. The van der Waals surface area contributed by atoms with Gasteiger partial charge in [0.05, 0.1) is 31.0 Å². The second kappa shape index (κ2) is 12.2. The number of aliphatic hydroxyl groups excluding tert-OH is 2.